The van der Waals surface area contributed by atoms with Crippen LogP contribution < -0.4 is 26.0 Å². The van der Waals surface area contributed by atoms with Gasteiger partial charge in [0.25, 0.3) is 6.71 Å². The minimum atomic E-state index is -0.131. The van der Waals surface area contributed by atoms with Crippen LogP contribution in [0.4, 0.5) is 17.1 Å². The van der Waals surface area contributed by atoms with E-state index < -0.39 is 0 Å². The molecular weight excluding hydrogens is 994 g/mol. The standard InChI is InChI=1S/C77H72BN3O/c1-75(2,3)53-46-60(51-27-12-10-13-28-51)74(61(47-53)52-29-14-11-15-30-52)81-68-48-54(79-64-35-21-17-31-56(64)57-32-18-22-36-65(57)79)40-42-62(68)78-63-43-41-55(80-66-37-23-19-33-58(66)59-34-20-24-38-67(59)80)49-70(63)82-71-45-50(44-69(81)73(71)78)26-16-25-39-72(76(4,5)6)77(7,8)9/h10-15,17-24,27-38,40-49,72H,16,25-26,39H2,1-9H3. The van der Waals surface area contributed by atoms with Gasteiger partial charge in [0.15, 0.2) is 0 Å². The van der Waals surface area contributed by atoms with Crippen molar-refractivity contribution in [1.29, 1.82) is 0 Å². The summed E-state index contributed by atoms with van der Waals surface area (Å²) < 4.78 is 12.5. The van der Waals surface area contributed by atoms with Gasteiger partial charge in [-0.1, -0.05) is 214 Å². The predicted octanol–water partition coefficient (Wildman–Crippen LogP) is 19.3. The molecular formula is C77H72BN3O. The van der Waals surface area contributed by atoms with Crippen molar-refractivity contribution in [3.05, 3.63) is 230 Å². The van der Waals surface area contributed by atoms with Gasteiger partial charge in [0.2, 0.25) is 0 Å². The number of hydrogen-bond donors (Lipinski definition) is 0. The van der Waals surface area contributed by atoms with E-state index in [9.17, 15) is 0 Å². The Morgan fingerprint density at radius 1 is 0.427 bits per heavy atom. The molecule has 0 atom stereocenters. The van der Waals surface area contributed by atoms with Crippen molar-refractivity contribution in [2.45, 2.75) is 93.4 Å². The van der Waals surface area contributed by atoms with Crippen molar-refractivity contribution >= 4 is 83.8 Å². The highest BCUT2D eigenvalue weighted by atomic mass is 16.5. The maximum Gasteiger partial charge on any atom is 0.256 e. The van der Waals surface area contributed by atoms with Crippen molar-refractivity contribution in [3.8, 4) is 45.1 Å². The van der Waals surface area contributed by atoms with Crippen molar-refractivity contribution < 1.29 is 4.74 Å². The van der Waals surface area contributed by atoms with Gasteiger partial charge in [0, 0.05) is 61.5 Å². The zero-order chi connectivity index (χ0) is 56.2. The SMILES string of the molecule is CC(C)(C)c1cc(-c2ccccc2)c(N2c3cc(-n4c5ccccc5c5ccccc54)ccc3B3c4ccc(-n5c6ccccc6c6ccccc65)cc4Oc4cc(CCCCC(C(C)(C)C)C(C)(C)C)cc2c43)c(-c2ccccc2)c1. The van der Waals surface area contributed by atoms with E-state index in [1.165, 1.54) is 105 Å². The van der Waals surface area contributed by atoms with E-state index in [4.69, 9.17) is 4.74 Å². The van der Waals surface area contributed by atoms with Gasteiger partial charge in [-0.05, 0) is 147 Å². The first-order chi connectivity index (χ1) is 39.6. The van der Waals surface area contributed by atoms with Crippen LogP contribution in [-0.4, -0.2) is 15.8 Å². The van der Waals surface area contributed by atoms with E-state index in [-0.39, 0.29) is 23.0 Å². The van der Waals surface area contributed by atoms with E-state index in [0.717, 1.165) is 53.5 Å². The van der Waals surface area contributed by atoms with Crippen LogP contribution in [-0.2, 0) is 11.8 Å². The molecule has 12 aromatic rings. The molecule has 0 aliphatic carbocycles. The van der Waals surface area contributed by atoms with Crippen molar-refractivity contribution in [2.24, 2.45) is 16.7 Å². The van der Waals surface area contributed by atoms with Crippen molar-refractivity contribution in [1.82, 2.24) is 9.13 Å². The maximum atomic E-state index is 7.59. The number of aromatic nitrogens is 2. The number of nitrogens with zero attached hydrogens (tertiary/aromatic N) is 3. The van der Waals surface area contributed by atoms with Crippen LogP contribution in [0.3, 0.4) is 0 Å². The number of benzene rings is 10. The summed E-state index contributed by atoms with van der Waals surface area (Å²) in [6, 6.07) is 81.8. The summed E-state index contributed by atoms with van der Waals surface area (Å²) in [4.78, 5) is 2.67. The molecule has 0 bridgehead atoms. The molecule has 404 valence electrons. The van der Waals surface area contributed by atoms with E-state index in [1.54, 1.807) is 0 Å². The predicted molar refractivity (Wildman–Crippen MR) is 351 cm³/mol. The van der Waals surface area contributed by atoms with Gasteiger partial charge in [0.05, 0.1) is 27.8 Å². The van der Waals surface area contributed by atoms with Crippen molar-refractivity contribution in [3.63, 3.8) is 0 Å². The van der Waals surface area contributed by atoms with Gasteiger partial charge in [-0.2, -0.15) is 0 Å². The number of unbranched alkanes of at least 4 members (excludes halogenated alkanes) is 1. The summed E-state index contributed by atoms with van der Waals surface area (Å²) in [6.07, 6.45) is 4.36. The molecule has 0 radical (unpaired) electrons. The second-order valence-corrected chi connectivity index (χ2v) is 26.5. The fraction of sp³-hybridized carbons (Fsp3) is 0.221. The number of anilines is 3. The topological polar surface area (TPSA) is 22.3 Å². The van der Waals surface area contributed by atoms with E-state index in [2.05, 4.69) is 295 Å². The molecule has 10 aromatic carbocycles. The van der Waals surface area contributed by atoms with Crippen LogP contribution in [0.25, 0.3) is 77.2 Å². The molecule has 4 nitrogen and oxygen atoms in total. The minimum Gasteiger partial charge on any atom is -0.458 e. The minimum absolute atomic E-state index is 0.123. The van der Waals surface area contributed by atoms with Crippen LogP contribution in [0.5, 0.6) is 11.5 Å². The lowest BCUT2D eigenvalue weighted by atomic mass is 9.34. The average molecular weight is 1070 g/mol. The van der Waals surface area contributed by atoms with Gasteiger partial charge >= 0.3 is 0 Å². The zero-order valence-corrected chi connectivity index (χ0v) is 49.0. The normalized spacial score (nSPS) is 13.3. The fourth-order valence-corrected chi connectivity index (χ4v) is 14.7. The fourth-order valence-electron chi connectivity index (χ4n) is 14.7. The second-order valence-electron chi connectivity index (χ2n) is 26.5. The summed E-state index contributed by atoms with van der Waals surface area (Å²) in [5, 5.41) is 4.98. The summed E-state index contributed by atoms with van der Waals surface area (Å²) in [6.45, 7) is 21.5. The molecule has 0 saturated heterocycles. The molecule has 0 unspecified atom stereocenters. The highest BCUT2D eigenvalue weighted by Crippen LogP contribution is 2.52. The van der Waals surface area contributed by atoms with E-state index in [0.29, 0.717) is 5.92 Å². The first-order valence-electron chi connectivity index (χ1n) is 29.8. The average Bonchev–Trinajstić information content (AvgIpc) is 3.88. The maximum absolute atomic E-state index is 7.59. The molecule has 14 rings (SSSR count). The van der Waals surface area contributed by atoms with Crippen molar-refractivity contribution in [2.75, 3.05) is 4.90 Å². The lowest BCUT2D eigenvalue weighted by Gasteiger charge is -2.42. The largest absolute Gasteiger partial charge is 0.458 e. The molecule has 82 heavy (non-hydrogen) atoms. The summed E-state index contributed by atoms with van der Waals surface area (Å²) in [7, 11) is 0. The molecule has 0 amide bonds. The summed E-state index contributed by atoms with van der Waals surface area (Å²) >= 11 is 0. The molecule has 0 saturated carbocycles. The molecule has 0 spiro atoms. The van der Waals surface area contributed by atoms with Crippen LogP contribution in [0.15, 0.2) is 218 Å². The Morgan fingerprint density at radius 2 is 0.890 bits per heavy atom. The number of fused-ring (bicyclic) bond motifs is 10. The van der Waals surface area contributed by atoms with Gasteiger partial charge in [0.1, 0.15) is 11.5 Å². The molecule has 2 aliphatic heterocycles. The molecule has 2 aliphatic rings. The number of hydrogen-bond acceptors (Lipinski definition) is 2. The van der Waals surface area contributed by atoms with Crippen LogP contribution in [0.2, 0.25) is 0 Å². The molecule has 2 aromatic heterocycles. The van der Waals surface area contributed by atoms with Gasteiger partial charge in [-0.25, -0.2) is 0 Å². The summed E-state index contributed by atoms with van der Waals surface area (Å²) in [5.74, 6) is 2.42. The van der Waals surface area contributed by atoms with E-state index in [1.807, 2.05) is 0 Å². The van der Waals surface area contributed by atoms with E-state index >= 15 is 0 Å². The second kappa shape index (κ2) is 19.6. The third-order valence-corrected chi connectivity index (χ3v) is 18.1. The van der Waals surface area contributed by atoms with Gasteiger partial charge < -0.3 is 18.8 Å². The third-order valence-electron chi connectivity index (χ3n) is 18.1. The molecule has 0 N–H and O–H groups in total. The Labute approximate surface area is 484 Å². The Balaban J connectivity index is 1.05. The zero-order valence-electron chi connectivity index (χ0n) is 49.0. The lowest BCUT2D eigenvalue weighted by Crippen LogP contribution is -2.59. The number of rotatable bonds is 10. The Morgan fingerprint density at radius 3 is 1.38 bits per heavy atom. The highest BCUT2D eigenvalue weighted by molar-refractivity contribution is 6.99. The van der Waals surface area contributed by atoms with Gasteiger partial charge in [-0.15, -0.1) is 0 Å². The van der Waals surface area contributed by atoms with Crippen LogP contribution in [0, 0.1) is 16.7 Å². The molecule has 0 fully saturated rings. The smallest absolute Gasteiger partial charge is 0.256 e. The van der Waals surface area contributed by atoms with Crippen LogP contribution in [0.1, 0.15) is 92.7 Å². The number of para-hydroxylation sites is 4. The summed E-state index contributed by atoms with van der Waals surface area (Å²) in [5.41, 5.74) is 21.7. The monoisotopic (exact) mass is 1070 g/mol. The number of aryl methyl sites for hydroxylation is 1. The quantitative estimate of drug-likeness (QED) is 0.101. The lowest BCUT2D eigenvalue weighted by molar-refractivity contribution is 0.0901. The molecule has 4 heterocycles. The Hall–Kier alpha value is -8.54. The van der Waals surface area contributed by atoms with Gasteiger partial charge in [-0.3, -0.25) is 0 Å². The molecule has 5 heteroatoms. The first-order valence-corrected chi connectivity index (χ1v) is 29.8. The number of ether oxygens (including phenoxy) is 1. The Kier molecular flexibility index (Phi) is 12.3. The first kappa shape index (κ1) is 51.6. The third kappa shape index (κ3) is 8.66. The van der Waals surface area contributed by atoms with Crippen LogP contribution >= 0.6 is 0 Å². The highest BCUT2D eigenvalue weighted by Gasteiger charge is 2.44. The Bertz CT molecular complexity index is 4270.